The Kier molecular flexibility index (Phi) is 5.53. The van der Waals surface area contributed by atoms with Crippen LogP contribution in [0.25, 0.3) is 0 Å². The highest BCUT2D eigenvalue weighted by Crippen LogP contribution is 2.24. The van der Waals surface area contributed by atoms with Gasteiger partial charge in [-0.1, -0.05) is 37.0 Å². The predicted molar refractivity (Wildman–Crippen MR) is 57.3 cm³/mol. The lowest BCUT2D eigenvalue weighted by Crippen LogP contribution is -1.80. The molecular weight excluding hydrogens is 205 g/mol. The minimum atomic E-state index is 0.491. The summed E-state index contributed by atoms with van der Waals surface area (Å²) in [6, 6.07) is 5.17. The summed E-state index contributed by atoms with van der Waals surface area (Å²) in [6.07, 6.45) is 0. The van der Waals surface area contributed by atoms with E-state index in [-0.39, 0.29) is 0 Å². The summed E-state index contributed by atoms with van der Waals surface area (Å²) in [5.41, 5.74) is 1.30. The van der Waals surface area contributed by atoms with Crippen molar-refractivity contribution < 1.29 is 0 Å². The molecule has 0 aliphatic heterocycles. The average Bonchev–Trinajstić information content (AvgIpc) is 2.16. The Bertz CT molecular complexity index is 303. The van der Waals surface area contributed by atoms with Crippen LogP contribution >= 0.6 is 23.2 Å². The Morgan fingerprint density at radius 1 is 1.15 bits per heavy atom. The number of halogens is 2. The number of benzene rings is 1. The van der Waals surface area contributed by atoms with E-state index in [1.807, 2.05) is 26.8 Å². The summed E-state index contributed by atoms with van der Waals surface area (Å²) in [4.78, 5) is 0. The highest BCUT2D eigenvalue weighted by molar-refractivity contribution is 6.36. The van der Waals surface area contributed by atoms with Gasteiger partial charge in [0.2, 0.25) is 0 Å². The molecule has 1 nitrogen and oxygen atoms in total. The van der Waals surface area contributed by atoms with Crippen molar-refractivity contribution in [1.82, 2.24) is 0 Å². The first-order chi connectivity index (χ1) is 6.15. The van der Waals surface area contributed by atoms with Gasteiger partial charge in [0.15, 0.2) is 0 Å². The standard InChI is InChI=1S/C8H5Cl2N.C2H6/c1-5-7(9)2-6(4-11)3-8(5)10;1-2/h2-3H,1H3;1-2H3. The van der Waals surface area contributed by atoms with Gasteiger partial charge in [-0.3, -0.25) is 0 Å². The summed E-state index contributed by atoms with van der Waals surface area (Å²) < 4.78 is 0. The van der Waals surface area contributed by atoms with Gasteiger partial charge in [-0.05, 0) is 24.6 Å². The van der Waals surface area contributed by atoms with Crippen molar-refractivity contribution in [3.05, 3.63) is 33.3 Å². The minimum Gasteiger partial charge on any atom is -0.192 e. The fourth-order valence-electron chi connectivity index (χ4n) is 0.710. The fraction of sp³-hybridized carbons (Fsp3) is 0.300. The third-order valence-electron chi connectivity index (χ3n) is 1.41. The molecule has 0 heterocycles. The topological polar surface area (TPSA) is 23.8 Å². The normalized spacial score (nSPS) is 8.31. The minimum absolute atomic E-state index is 0.491. The van der Waals surface area contributed by atoms with Gasteiger partial charge in [-0.15, -0.1) is 0 Å². The molecule has 1 rings (SSSR count). The summed E-state index contributed by atoms with van der Waals surface area (Å²) in [6.45, 7) is 5.81. The number of hydrogen-bond donors (Lipinski definition) is 0. The number of hydrogen-bond acceptors (Lipinski definition) is 1. The first-order valence-corrected chi connectivity index (χ1v) is 4.76. The molecule has 0 fully saturated rings. The van der Waals surface area contributed by atoms with Gasteiger partial charge < -0.3 is 0 Å². The van der Waals surface area contributed by atoms with Gasteiger partial charge in [-0.2, -0.15) is 5.26 Å². The third kappa shape index (κ3) is 3.26. The zero-order valence-electron chi connectivity index (χ0n) is 7.86. The second-order valence-electron chi connectivity index (χ2n) is 2.18. The SMILES string of the molecule is CC.Cc1c(Cl)cc(C#N)cc1Cl. The van der Waals surface area contributed by atoms with Crippen molar-refractivity contribution in [1.29, 1.82) is 5.26 Å². The highest BCUT2D eigenvalue weighted by atomic mass is 35.5. The molecule has 0 radical (unpaired) electrons. The van der Waals surface area contributed by atoms with Crippen LogP contribution in [0, 0.1) is 18.3 Å². The van der Waals surface area contributed by atoms with E-state index in [4.69, 9.17) is 28.5 Å². The van der Waals surface area contributed by atoms with E-state index in [2.05, 4.69) is 0 Å². The number of nitriles is 1. The second-order valence-corrected chi connectivity index (χ2v) is 2.99. The predicted octanol–water partition coefficient (Wildman–Crippen LogP) is 4.20. The van der Waals surface area contributed by atoms with E-state index < -0.39 is 0 Å². The van der Waals surface area contributed by atoms with E-state index >= 15 is 0 Å². The first kappa shape index (κ1) is 12.3. The van der Waals surface area contributed by atoms with E-state index in [1.165, 1.54) is 0 Å². The van der Waals surface area contributed by atoms with Crippen LogP contribution in [0.4, 0.5) is 0 Å². The van der Waals surface area contributed by atoms with Crippen LogP contribution in [0.2, 0.25) is 10.0 Å². The van der Waals surface area contributed by atoms with Crippen molar-refractivity contribution in [3.63, 3.8) is 0 Å². The Morgan fingerprint density at radius 2 is 1.54 bits per heavy atom. The van der Waals surface area contributed by atoms with Crippen molar-refractivity contribution in [2.75, 3.05) is 0 Å². The van der Waals surface area contributed by atoms with Crippen LogP contribution in [0.1, 0.15) is 25.0 Å². The molecule has 0 aliphatic rings. The van der Waals surface area contributed by atoms with Crippen LogP contribution < -0.4 is 0 Å². The lowest BCUT2D eigenvalue weighted by atomic mass is 10.2. The Balaban J connectivity index is 0.000000671. The van der Waals surface area contributed by atoms with Gasteiger partial charge in [0, 0.05) is 10.0 Å². The molecule has 0 aliphatic carbocycles. The summed E-state index contributed by atoms with van der Waals surface area (Å²) in [7, 11) is 0. The van der Waals surface area contributed by atoms with Crippen molar-refractivity contribution >= 4 is 23.2 Å². The first-order valence-electron chi connectivity index (χ1n) is 4.01. The van der Waals surface area contributed by atoms with Gasteiger partial charge in [0.25, 0.3) is 0 Å². The van der Waals surface area contributed by atoms with Crippen LogP contribution in [-0.2, 0) is 0 Å². The molecule has 0 N–H and O–H groups in total. The molecule has 0 spiro atoms. The van der Waals surface area contributed by atoms with Crippen LogP contribution in [-0.4, -0.2) is 0 Å². The van der Waals surface area contributed by atoms with E-state index in [0.29, 0.717) is 15.6 Å². The lowest BCUT2D eigenvalue weighted by Gasteiger charge is -1.99. The Hall–Kier alpha value is -0.710. The van der Waals surface area contributed by atoms with Crippen LogP contribution in [0.3, 0.4) is 0 Å². The van der Waals surface area contributed by atoms with Crippen LogP contribution in [0.5, 0.6) is 0 Å². The lowest BCUT2D eigenvalue weighted by molar-refractivity contribution is 1.43. The Labute approximate surface area is 88.9 Å². The van der Waals surface area contributed by atoms with Crippen LogP contribution in [0.15, 0.2) is 12.1 Å². The maximum atomic E-state index is 8.51. The molecule has 0 saturated carbocycles. The fourth-order valence-corrected chi connectivity index (χ4v) is 1.20. The van der Waals surface area contributed by atoms with E-state index in [1.54, 1.807) is 12.1 Å². The second kappa shape index (κ2) is 5.85. The summed E-state index contributed by atoms with van der Waals surface area (Å²) in [5.74, 6) is 0. The van der Waals surface area contributed by atoms with E-state index in [0.717, 1.165) is 5.56 Å². The molecular formula is C10H11Cl2N. The molecule has 0 unspecified atom stereocenters. The molecule has 3 heteroatoms. The zero-order valence-corrected chi connectivity index (χ0v) is 9.37. The molecule has 0 amide bonds. The smallest absolute Gasteiger partial charge is 0.0992 e. The average molecular weight is 216 g/mol. The molecule has 1 aromatic rings. The molecule has 0 bridgehead atoms. The Morgan fingerprint density at radius 3 is 1.85 bits per heavy atom. The maximum Gasteiger partial charge on any atom is 0.0992 e. The van der Waals surface area contributed by atoms with Crippen molar-refractivity contribution in [3.8, 4) is 6.07 Å². The number of nitrogens with zero attached hydrogens (tertiary/aromatic N) is 1. The maximum absolute atomic E-state index is 8.51. The molecule has 13 heavy (non-hydrogen) atoms. The monoisotopic (exact) mass is 215 g/mol. The molecule has 1 aromatic carbocycles. The van der Waals surface area contributed by atoms with Crippen molar-refractivity contribution in [2.45, 2.75) is 20.8 Å². The van der Waals surface area contributed by atoms with Crippen molar-refractivity contribution in [2.24, 2.45) is 0 Å². The summed E-state index contributed by atoms with van der Waals surface area (Å²) in [5, 5.41) is 9.58. The molecule has 0 saturated heterocycles. The van der Waals surface area contributed by atoms with Gasteiger partial charge >= 0.3 is 0 Å². The van der Waals surface area contributed by atoms with E-state index in [9.17, 15) is 0 Å². The largest absolute Gasteiger partial charge is 0.192 e. The molecule has 0 aromatic heterocycles. The van der Waals surface area contributed by atoms with Gasteiger partial charge in [0.1, 0.15) is 0 Å². The van der Waals surface area contributed by atoms with Gasteiger partial charge in [-0.25, -0.2) is 0 Å². The summed E-state index contributed by atoms with van der Waals surface area (Å²) >= 11 is 11.5. The third-order valence-corrected chi connectivity index (χ3v) is 2.20. The quantitative estimate of drug-likeness (QED) is 0.637. The highest BCUT2D eigenvalue weighted by Gasteiger charge is 2.02. The van der Waals surface area contributed by atoms with Gasteiger partial charge in [0.05, 0.1) is 11.6 Å². The molecule has 0 atom stereocenters. The molecule has 70 valence electrons. The zero-order chi connectivity index (χ0) is 10.4. The number of rotatable bonds is 0.